The van der Waals surface area contributed by atoms with E-state index in [2.05, 4.69) is 18.2 Å². The summed E-state index contributed by atoms with van der Waals surface area (Å²) in [4.78, 5) is 3.85. The van der Waals surface area contributed by atoms with Gasteiger partial charge in [0, 0.05) is 12.4 Å². The molecule has 0 fully saturated rings. The van der Waals surface area contributed by atoms with Crippen molar-refractivity contribution >= 4 is 6.21 Å². The van der Waals surface area contributed by atoms with Crippen LogP contribution in [0.3, 0.4) is 0 Å². The quantitative estimate of drug-likeness (QED) is 0.401. The first-order valence-corrected chi connectivity index (χ1v) is 2.73. The predicted octanol–water partition coefficient (Wildman–Crippen LogP) is 2.33. The summed E-state index contributed by atoms with van der Waals surface area (Å²) in [5.74, 6) is 0. The lowest BCUT2D eigenvalue weighted by Gasteiger charge is -1.78. The average molecular weight is 121 g/mol. The van der Waals surface area contributed by atoms with E-state index in [1.165, 1.54) is 0 Å². The maximum absolute atomic E-state index is 3.85. The summed E-state index contributed by atoms with van der Waals surface area (Å²) >= 11 is 0. The van der Waals surface area contributed by atoms with Crippen LogP contribution in [0.15, 0.2) is 42.1 Å². The van der Waals surface area contributed by atoms with Crippen molar-refractivity contribution in [3.05, 3.63) is 37.1 Å². The first-order chi connectivity index (χ1) is 4.27. The molecule has 0 N–H and O–H groups in total. The van der Waals surface area contributed by atoms with Crippen LogP contribution in [0, 0.1) is 0 Å². The van der Waals surface area contributed by atoms with E-state index in [-0.39, 0.29) is 0 Å². The molecule has 0 aliphatic carbocycles. The third-order valence-electron chi connectivity index (χ3n) is 0.637. The molecule has 0 aliphatic heterocycles. The summed E-state index contributed by atoms with van der Waals surface area (Å²) in [5, 5.41) is 0. The number of aliphatic imine (C=N–C) groups is 1. The molecule has 0 aromatic heterocycles. The van der Waals surface area contributed by atoms with Crippen LogP contribution >= 0.6 is 0 Å². The number of rotatable bonds is 3. The second-order valence-corrected chi connectivity index (χ2v) is 1.70. The molecule has 0 rings (SSSR count). The Bertz CT molecular complexity index is 152. The highest BCUT2D eigenvalue weighted by Crippen LogP contribution is 1.87. The highest BCUT2D eigenvalue weighted by molar-refractivity contribution is 5.70. The molecule has 48 valence electrons. The minimum Gasteiger partial charge on any atom is -0.265 e. The smallest absolute Gasteiger partial charge is 0.0270 e. The van der Waals surface area contributed by atoms with Crippen LogP contribution < -0.4 is 0 Å². The van der Waals surface area contributed by atoms with E-state index in [0.29, 0.717) is 0 Å². The molecule has 9 heavy (non-hydrogen) atoms. The molecular weight excluding hydrogens is 110 g/mol. The fraction of sp³-hybridized carbons (Fsp3) is 0.125. The van der Waals surface area contributed by atoms with Crippen molar-refractivity contribution in [3.63, 3.8) is 0 Å². The number of hydrogen-bond donors (Lipinski definition) is 0. The van der Waals surface area contributed by atoms with E-state index >= 15 is 0 Å². The first-order valence-electron chi connectivity index (χ1n) is 2.73. The fourth-order valence-electron chi connectivity index (χ4n) is 0.281. The second-order valence-electron chi connectivity index (χ2n) is 1.70. The maximum Gasteiger partial charge on any atom is 0.0270 e. The van der Waals surface area contributed by atoms with Crippen LogP contribution in [0.1, 0.15) is 6.92 Å². The molecule has 1 nitrogen and oxygen atoms in total. The van der Waals surface area contributed by atoms with E-state index < -0.39 is 0 Å². The first kappa shape index (κ1) is 7.89. The van der Waals surface area contributed by atoms with Gasteiger partial charge in [-0.2, -0.15) is 0 Å². The van der Waals surface area contributed by atoms with Gasteiger partial charge in [0.15, 0.2) is 0 Å². The van der Waals surface area contributed by atoms with Gasteiger partial charge in [-0.1, -0.05) is 24.8 Å². The number of allylic oxidation sites excluding steroid dienone is 3. The molecule has 0 heterocycles. The highest BCUT2D eigenvalue weighted by Gasteiger charge is 1.67. The zero-order valence-electron chi connectivity index (χ0n) is 5.67. The molecular formula is C8H11N. The summed E-state index contributed by atoms with van der Waals surface area (Å²) in [6.45, 7) is 9.05. The maximum atomic E-state index is 3.85. The lowest BCUT2D eigenvalue weighted by molar-refractivity contribution is 1.50. The highest BCUT2D eigenvalue weighted by atomic mass is 14.6. The van der Waals surface area contributed by atoms with Gasteiger partial charge in [-0.25, -0.2) is 0 Å². The van der Waals surface area contributed by atoms with Crippen molar-refractivity contribution < 1.29 is 0 Å². The van der Waals surface area contributed by atoms with Gasteiger partial charge >= 0.3 is 0 Å². The van der Waals surface area contributed by atoms with Gasteiger partial charge in [-0.3, -0.25) is 4.99 Å². The SMILES string of the molecule is C=CC=N/C=C\C(=C)C. The summed E-state index contributed by atoms with van der Waals surface area (Å²) in [6.07, 6.45) is 6.77. The normalized spacial score (nSPS) is 10.8. The van der Waals surface area contributed by atoms with E-state index in [1.54, 1.807) is 18.5 Å². The molecule has 0 amide bonds. The Morgan fingerprint density at radius 2 is 2.22 bits per heavy atom. The van der Waals surface area contributed by atoms with Crippen molar-refractivity contribution in [2.45, 2.75) is 6.92 Å². The van der Waals surface area contributed by atoms with Gasteiger partial charge < -0.3 is 0 Å². The van der Waals surface area contributed by atoms with Crippen molar-refractivity contribution in [3.8, 4) is 0 Å². The van der Waals surface area contributed by atoms with Crippen LogP contribution in [0.4, 0.5) is 0 Å². The van der Waals surface area contributed by atoms with Gasteiger partial charge in [0.05, 0.1) is 0 Å². The minimum atomic E-state index is 0.996. The van der Waals surface area contributed by atoms with E-state index in [4.69, 9.17) is 0 Å². The van der Waals surface area contributed by atoms with E-state index in [9.17, 15) is 0 Å². The Morgan fingerprint density at radius 1 is 1.56 bits per heavy atom. The predicted molar refractivity (Wildman–Crippen MR) is 42.6 cm³/mol. The Hall–Kier alpha value is -1.11. The molecule has 1 heteroatoms. The molecule has 0 aromatic carbocycles. The topological polar surface area (TPSA) is 12.4 Å². The minimum absolute atomic E-state index is 0.996. The van der Waals surface area contributed by atoms with Crippen molar-refractivity contribution in [2.24, 2.45) is 4.99 Å². The largest absolute Gasteiger partial charge is 0.265 e. The van der Waals surface area contributed by atoms with Crippen molar-refractivity contribution in [1.82, 2.24) is 0 Å². The van der Waals surface area contributed by atoms with E-state index in [0.717, 1.165) is 5.57 Å². The lowest BCUT2D eigenvalue weighted by Crippen LogP contribution is -1.60. The molecule has 0 saturated heterocycles. The molecule has 0 aromatic rings. The molecule has 0 unspecified atom stereocenters. The third kappa shape index (κ3) is 6.89. The second kappa shape index (κ2) is 5.04. The van der Waals surface area contributed by atoms with Crippen molar-refractivity contribution in [1.29, 1.82) is 0 Å². The van der Waals surface area contributed by atoms with Crippen LogP contribution in [-0.4, -0.2) is 6.21 Å². The summed E-state index contributed by atoms with van der Waals surface area (Å²) in [5.41, 5.74) is 0.996. The zero-order chi connectivity index (χ0) is 7.11. The third-order valence-corrected chi connectivity index (χ3v) is 0.637. The summed E-state index contributed by atoms with van der Waals surface area (Å²) < 4.78 is 0. The number of nitrogens with zero attached hydrogens (tertiary/aromatic N) is 1. The standard InChI is InChI=1S/C8H11N/c1-4-6-9-7-5-8(2)3/h4-7H,1-2H2,3H3/b7-5-,9-6?. The zero-order valence-corrected chi connectivity index (χ0v) is 5.67. The Balaban J connectivity index is 3.59. The number of hydrogen-bond acceptors (Lipinski definition) is 1. The monoisotopic (exact) mass is 121 g/mol. The van der Waals surface area contributed by atoms with Gasteiger partial charge in [-0.15, -0.1) is 0 Å². The Kier molecular flexibility index (Phi) is 4.41. The van der Waals surface area contributed by atoms with Gasteiger partial charge in [-0.05, 0) is 13.0 Å². The molecule has 0 bridgehead atoms. The molecule has 0 saturated carbocycles. The summed E-state index contributed by atoms with van der Waals surface area (Å²) in [6, 6.07) is 0. The van der Waals surface area contributed by atoms with Gasteiger partial charge in [0.1, 0.15) is 0 Å². The van der Waals surface area contributed by atoms with Gasteiger partial charge in [0.2, 0.25) is 0 Å². The van der Waals surface area contributed by atoms with Crippen LogP contribution in [0.2, 0.25) is 0 Å². The van der Waals surface area contributed by atoms with Crippen molar-refractivity contribution in [2.75, 3.05) is 0 Å². The Labute approximate surface area is 56.1 Å². The van der Waals surface area contributed by atoms with Crippen LogP contribution in [-0.2, 0) is 0 Å². The van der Waals surface area contributed by atoms with Gasteiger partial charge in [0.25, 0.3) is 0 Å². The molecule has 0 aliphatic rings. The molecule has 0 atom stereocenters. The van der Waals surface area contributed by atoms with Crippen LogP contribution in [0.5, 0.6) is 0 Å². The lowest BCUT2D eigenvalue weighted by atomic mass is 10.3. The van der Waals surface area contributed by atoms with Crippen LogP contribution in [0.25, 0.3) is 0 Å². The van der Waals surface area contributed by atoms with E-state index in [1.807, 2.05) is 13.0 Å². The summed E-state index contributed by atoms with van der Waals surface area (Å²) in [7, 11) is 0. The fourth-order valence-corrected chi connectivity index (χ4v) is 0.281. The Morgan fingerprint density at radius 3 is 2.67 bits per heavy atom. The average Bonchev–Trinajstić information content (AvgIpc) is 1.80. The molecule has 0 spiro atoms. The molecule has 0 radical (unpaired) electrons.